The molecule has 0 aromatic heterocycles. The van der Waals surface area contributed by atoms with Crippen molar-refractivity contribution >= 4 is 44.8 Å². The first-order valence-electron chi connectivity index (χ1n) is 6.88. The standard InChI is InChI=1S/C15H16N4O3S2/c1-16-15(23)18-12-8-5-9-13(10-12)24(21,22)19-14(20)17-11-6-3-2-4-7-11/h2-10H,1H3,(H2,16,18,23)(H2,17,19,20). The second-order valence-electron chi connectivity index (χ2n) is 4.66. The molecule has 2 aromatic rings. The molecule has 0 saturated heterocycles. The van der Waals surface area contributed by atoms with Crippen LogP contribution in [0.2, 0.25) is 0 Å². The molecule has 7 nitrogen and oxygen atoms in total. The first-order valence-corrected chi connectivity index (χ1v) is 8.77. The number of hydrogen-bond acceptors (Lipinski definition) is 4. The molecule has 2 amide bonds. The highest BCUT2D eigenvalue weighted by Gasteiger charge is 2.18. The third-order valence-corrected chi connectivity index (χ3v) is 4.52. The summed E-state index contributed by atoms with van der Waals surface area (Å²) in [6.07, 6.45) is 0. The van der Waals surface area contributed by atoms with E-state index in [1.54, 1.807) is 49.5 Å². The van der Waals surface area contributed by atoms with Gasteiger partial charge in [0.05, 0.1) is 4.90 Å². The number of hydrogen-bond donors (Lipinski definition) is 4. The van der Waals surface area contributed by atoms with E-state index in [-0.39, 0.29) is 4.90 Å². The van der Waals surface area contributed by atoms with Gasteiger partial charge in [-0.3, -0.25) is 0 Å². The lowest BCUT2D eigenvalue weighted by Crippen LogP contribution is -2.34. The highest BCUT2D eigenvalue weighted by atomic mass is 32.2. The Morgan fingerprint density at radius 3 is 2.29 bits per heavy atom. The Bertz CT molecular complexity index is 839. The summed E-state index contributed by atoms with van der Waals surface area (Å²) in [4.78, 5) is 11.8. The number of amides is 2. The molecule has 9 heteroatoms. The summed E-state index contributed by atoms with van der Waals surface area (Å²) in [6.45, 7) is 0. The van der Waals surface area contributed by atoms with E-state index in [0.717, 1.165) is 0 Å². The topological polar surface area (TPSA) is 99.3 Å². The van der Waals surface area contributed by atoms with E-state index < -0.39 is 16.1 Å². The van der Waals surface area contributed by atoms with E-state index in [9.17, 15) is 13.2 Å². The molecule has 0 aliphatic heterocycles. The van der Waals surface area contributed by atoms with Crippen LogP contribution >= 0.6 is 12.2 Å². The maximum Gasteiger partial charge on any atom is 0.333 e. The normalized spacial score (nSPS) is 10.5. The number of para-hydroxylation sites is 1. The number of sulfonamides is 1. The van der Waals surface area contributed by atoms with Gasteiger partial charge in [-0.1, -0.05) is 24.3 Å². The molecule has 0 unspecified atom stereocenters. The molecule has 0 saturated carbocycles. The minimum Gasteiger partial charge on any atom is -0.366 e. The highest BCUT2D eigenvalue weighted by molar-refractivity contribution is 7.90. The third kappa shape index (κ3) is 4.93. The average molecular weight is 364 g/mol. The van der Waals surface area contributed by atoms with Crippen molar-refractivity contribution in [3.63, 3.8) is 0 Å². The van der Waals surface area contributed by atoms with Gasteiger partial charge in [0.25, 0.3) is 10.0 Å². The third-order valence-electron chi connectivity index (χ3n) is 2.89. The monoisotopic (exact) mass is 364 g/mol. The Kier molecular flexibility index (Phi) is 5.72. The van der Waals surface area contributed by atoms with Gasteiger partial charge in [0.15, 0.2) is 5.11 Å². The molecule has 24 heavy (non-hydrogen) atoms. The maximum absolute atomic E-state index is 12.3. The van der Waals surface area contributed by atoms with E-state index in [2.05, 4.69) is 16.0 Å². The second kappa shape index (κ2) is 7.75. The van der Waals surface area contributed by atoms with Gasteiger partial charge in [-0.25, -0.2) is 17.9 Å². The van der Waals surface area contributed by atoms with Crippen LogP contribution in [0.3, 0.4) is 0 Å². The molecule has 0 aliphatic rings. The largest absolute Gasteiger partial charge is 0.366 e. The lowest BCUT2D eigenvalue weighted by molar-refractivity contribution is 0.256. The molecule has 2 aromatic carbocycles. The zero-order chi connectivity index (χ0) is 17.6. The first-order chi connectivity index (χ1) is 11.4. The van der Waals surface area contributed by atoms with Crippen LogP contribution in [0.4, 0.5) is 16.2 Å². The van der Waals surface area contributed by atoms with Crippen LogP contribution in [0.25, 0.3) is 0 Å². The van der Waals surface area contributed by atoms with Crippen molar-refractivity contribution < 1.29 is 13.2 Å². The fourth-order valence-electron chi connectivity index (χ4n) is 1.79. The van der Waals surface area contributed by atoms with Crippen molar-refractivity contribution in [3.8, 4) is 0 Å². The van der Waals surface area contributed by atoms with Crippen LogP contribution in [-0.4, -0.2) is 26.6 Å². The molecular weight excluding hydrogens is 348 g/mol. The number of nitrogens with one attached hydrogen (secondary N) is 4. The second-order valence-corrected chi connectivity index (χ2v) is 6.75. The van der Waals surface area contributed by atoms with Gasteiger partial charge in [-0.05, 0) is 42.5 Å². The predicted octanol–water partition coefficient (Wildman–Crippen LogP) is 2.11. The summed E-state index contributed by atoms with van der Waals surface area (Å²) in [7, 11) is -2.37. The molecule has 0 heterocycles. The van der Waals surface area contributed by atoms with Crippen molar-refractivity contribution in [3.05, 3.63) is 54.6 Å². The smallest absolute Gasteiger partial charge is 0.333 e. The summed E-state index contributed by atoms with van der Waals surface area (Å²) in [5.74, 6) is 0. The highest BCUT2D eigenvalue weighted by Crippen LogP contribution is 2.15. The summed E-state index contributed by atoms with van der Waals surface area (Å²) in [5.41, 5.74) is 0.973. The molecule has 4 N–H and O–H groups in total. The Balaban J connectivity index is 2.11. The van der Waals surface area contributed by atoms with Gasteiger partial charge in [0.1, 0.15) is 0 Å². The molecule has 0 aliphatic carbocycles. The SMILES string of the molecule is CNC(=S)Nc1cccc(S(=O)(=O)NC(=O)Nc2ccccc2)c1. The molecule has 126 valence electrons. The van der Waals surface area contributed by atoms with Gasteiger partial charge in [0.2, 0.25) is 0 Å². The summed E-state index contributed by atoms with van der Waals surface area (Å²) < 4.78 is 26.5. The quantitative estimate of drug-likeness (QED) is 0.620. The van der Waals surface area contributed by atoms with E-state index in [0.29, 0.717) is 16.5 Å². The molecule has 0 spiro atoms. The molecule has 2 rings (SSSR count). The summed E-state index contributed by atoms with van der Waals surface area (Å²) in [5, 5.41) is 8.34. The van der Waals surface area contributed by atoms with Crippen molar-refractivity contribution in [2.75, 3.05) is 17.7 Å². The Morgan fingerprint density at radius 2 is 1.62 bits per heavy atom. The van der Waals surface area contributed by atoms with E-state index in [4.69, 9.17) is 12.2 Å². The van der Waals surface area contributed by atoms with Crippen molar-refractivity contribution in [1.29, 1.82) is 0 Å². The number of benzene rings is 2. The number of anilines is 2. The van der Waals surface area contributed by atoms with Crippen LogP contribution in [0, 0.1) is 0 Å². The van der Waals surface area contributed by atoms with Gasteiger partial charge in [0, 0.05) is 18.4 Å². The lowest BCUT2D eigenvalue weighted by Gasteiger charge is -2.11. The number of rotatable bonds is 4. The number of carbonyl (C=O) groups is 1. The van der Waals surface area contributed by atoms with Crippen LogP contribution in [0.5, 0.6) is 0 Å². The van der Waals surface area contributed by atoms with E-state index >= 15 is 0 Å². The summed E-state index contributed by atoms with van der Waals surface area (Å²) in [6, 6.07) is 13.7. The number of thiocarbonyl (C=S) groups is 1. The number of carbonyl (C=O) groups excluding carboxylic acids is 1. The first kappa shape index (κ1) is 17.7. The van der Waals surface area contributed by atoms with Crippen molar-refractivity contribution in [2.45, 2.75) is 4.90 Å². The van der Waals surface area contributed by atoms with Crippen LogP contribution in [0.15, 0.2) is 59.5 Å². The maximum atomic E-state index is 12.3. The lowest BCUT2D eigenvalue weighted by atomic mass is 10.3. The number of urea groups is 1. The Hall–Kier alpha value is -2.65. The molecule has 0 fully saturated rings. The molecular formula is C15H16N4O3S2. The predicted molar refractivity (Wildman–Crippen MR) is 97.5 cm³/mol. The average Bonchev–Trinajstić information content (AvgIpc) is 2.55. The minimum atomic E-state index is -4.01. The fourth-order valence-corrected chi connectivity index (χ4v) is 2.86. The fraction of sp³-hybridized carbons (Fsp3) is 0.0667. The van der Waals surface area contributed by atoms with Crippen molar-refractivity contribution in [2.24, 2.45) is 0 Å². The molecule has 0 radical (unpaired) electrons. The zero-order valence-electron chi connectivity index (χ0n) is 12.7. The van der Waals surface area contributed by atoms with Crippen LogP contribution < -0.4 is 20.7 Å². The van der Waals surface area contributed by atoms with E-state index in [1.807, 2.05) is 4.72 Å². The van der Waals surface area contributed by atoms with Gasteiger partial charge >= 0.3 is 6.03 Å². The molecule has 0 bridgehead atoms. The Labute approximate surface area is 145 Å². The van der Waals surface area contributed by atoms with Crippen LogP contribution in [0.1, 0.15) is 0 Å². The van der Waals surface area contributed by atoms with Crippen LogP contribution in [-0.2, 0) is 10.0 Å². The zero-order valence-corrected chi connectivity index (χ0v) is 14.4. The van der Waals surface area contributed by atoms with Gasteiger partial charge in [-0.2, -0.15) is 0 Å². The van der Waals surface area contributed by atoms with E-state index in [1.165, 1.54) is 12.1 Å². The van der Waals surface area contributed by atoms with Gasteiger partial charge < -0.3 is 16.0 Å². The minimum absolute atomic E-state index is 0.0605. The van der Waals surface area contributed by atoms with Gasteiger partial charge in [-0.15, -0.1) is 0 Å². The van der Waals surface area contributed by atoms with Crippen molar-refractivity contribution in [1.82, 2.24) is 10.0 Å². The Morgan fingerprint density at radius 1 is 0.958 bits per heavy atom. The summed E-state index contributed by atoms with van der Waals surface area (Å²) >= 11 is 4.97. The molecule has 0 atom stereocenters.